The lowest BCUT2D eigenvalue weighted by Crippen LogP contribution is -2.15. The number of ketones is 2. The number of Topliss-reactive ketones (excluding diaryl/α,β-unsaturated/α-hetero) is 2. The number of para-hydroxylation sites is 1. The SMILES string of the molecule is Nc1ccccc1C(=O)C(=O)c1ccccc1. The molecule has 0 aliphatic rings. The minimum absolute atomic E-state index is 0.251. The van der Waals surface area contributed by atoms with Gasteiger partial charge in [0, 0.05) is 16.8 Å². The van der Waals surface area contributed by atoms with Crippen molar-refractivity contribution in [1.29, 1.82) is 0 Å². The minimum atomic E-state index is -0.575. The second-order valence-corrected chi connectivity index (χ2v) is 3.61. The average Bonchev–Trinajstić information content (AvgIpc) is 2.39. The molecule has 84 valence electrons. The summed E-state index contributed by atoms with van der Waals surface area (Å²) in [5.74, 6) is -1.11. The van der Waals surface area contributed by atoms with E-state index in [0.29, 0.717) is 11.3 Å². The minimum Gasteiger partial charge on any atom is -0.398 e. The number of hydrogen-bond acceptors (Lipinski definition) is 3. The smallest absolute Gasteiger partial charge is 0.235 e. The fraction of sp³-hybridized carbons (Fsp3) is 0. The number of anilines is 1. The zero-order chi connectivity index (χ0) is 12.3. The van der Waals surface area contributed by atoms with Gasteiger partial charge in [0.25, 0.3) is 0 Å². The van der Waals surface area contributed by atoms with E-state index < -0.39 is 11.6 Å². The molecule has 0 radical (unpaired) electrons. The van der Waals surface area contributed by atoms with Crippen molar-refractivity contribution in [1.82, 2.24) is 0 Å². The van der Waals surface area contributed by atoms with Gasteiger partial charge in [0.2, 0.25) is 11.6 Å². The molecule has 0 heterocycles. The summed E-state index contributed by atoms with van der Waals surface area (Å²) in [6.45, 7) is 0. The summed E-state index contributed by atoms with van der Waals surface area (Å²) < 4.78 is 0. The Morgan fingerprint density at radius 1 is 0.765 bits per heavy atom. The maximum absolute atomic E-state index is 11.9. The lowest BCUT2D eigenvalue weighted by Gasteiger charge is -2.03. The van der Waals surface area contributed by atoms with Gasteiger partial charge >= 0.3 is 0 Å². The summed E-state index contributed by atoms with van der Waals surface area (Å²) in [5, 5.41) is 0. The van der Waals surface area contributed by atoms with E-state index in [1.807, 2.05) is 0 Å². The maximum atomic E-state index is 11.9. The number of carbonyl (C=O) groups excluding carboxylic acids is 2. The van der Waals surface area contributed by atoms with Crippen LogP contribution in [0.25, 0.3) is 0 Å². The van der Waals surface area contributed by atoms with Crippen LogP contribution >= 0.6 is 0 Å². The van der Waals surface area contributed by atoms with Gasteiger partial charge in [-0.15, -0.1) is 0 Å². The monoisotopic (exact) mass is 225 g/mol. The average molecular weight is 225 g/mol. The molecule has 2 aromatic carbocycles. The fourth-order valence-electron chi connectivity index (χ4n) is 1.55. The molecule has 0 unspecified atom stereocenters. The zero-order valence-corrected chi connectivity index (χ0v) is 9.09. The van der Waals surface area contributed by atoms with E-state index in [1.54, 1.807) is 54.6 Å². The van der Waals surface area contributed by atoms with Crippen LogP contribution in [-0.2, 0) is 0 Å². The van der Waals surface area contributed by atoms with E-state index >= 15 is 0 Å². The topological polar surface area (TPSA) is 60.2 Å². The second-order valence-electron chi connectivity index (χ2n) is 3.61. The Morgan fingerprint density at radius 3 is 2.00 bits per heavy atom. The van der Waals surface area contributed by atoms with E-state index in [0.717, 1.165) is 0 Å². The van der Waals surface area contributed by atoms with Gasteiger partial charge in [-0.1, -0.05) is 42.5 Å². The third-order valence-electron chi connectivity index (χ3n) is 2.45. The quantitative estimate of drug-likeness (QED) is 0.495. The summed E-state index contributed by atoms with van der Waals surface area (Å²) in [5.41, 5.74) is 6.61. The highest BCUT2D eigenvalue weighted by Crippen LogP contribution is 2.14. The highest BCUT2D eigenvalue weighted by atomic mass is 16.2. The van der Waals surface area contributed by atoms with Crippen LogP contribution in [0.3, 0.4) is 0 Å². The third-order valence-corrected chi connectivity index (χ3v) is 2.45. The van der Waals surface area contributed by atoms with E-state index in [4.69, 9.17) is 5.73 Å². The van der Waals surface area contributed by atoms with E-state index in [-0.39, 0.29) is 5.56 Å². The van der Waals surface area contributed by atoms with Gasteiger partial charge in [-0.05, 0) is 12.1 Å². The molecule has 0 saturated heterocycles. The Balaban J connectivity index is 2.34. The first-order valence-corrected chi connectivity index (χ1v) is 5.18. The number of hydrogen-bond donors (Lipinski definition) is 1. The number of nitrogen functional groups attached to an aromatic ring is 1. The van der Waals surface area contributed by atoms with E-state index in [2.05, 4.69) is 0 Å². The molecule has 0 spiro atoms. The summed E-state index contributed by atoms with van der Waals surface area (Å²) >= 11 is 0. The molecule has 2 rings (SSSR count). The maximum Gasteiger partial charge on any atom is 0.235 e. The van der Waals surface area contributed by atoms with Crippen molar-refractivity contribution in [2.24, 2.45) is 0 Å². The molecule has 0 aromatic heterocycles. The summed E-state index contributed by atoms with van der Waals surface area (Å²) in [6.07, 6.45) is 0. The van der Waals surface area contributed by atoms with Gasteiger partial charge in [0.05, 0.1) is 0 Å². The highest BCUT2D eigenvalue weighted by molar-refractivity contribution is 6.50. The molecule has 0 aliphatic heterocycles. The summed E-state index contributed by atoms with van der Waals surface area (Å²) in [7, 11) is 0. The van der Waals surface area contributed by atoms with Crippen molar-refractivity contribution >= 4 is 17.3 Å². The van der Waals surface area contributed by atoms with Gasteiger partial charge in [0.1, 0.15) is 0 Å². The van der Waals surface area contributed by atoms with Crippen LogP contribution in [0.1, 0.15) is 20.7 Å². The van der Waals surface area contributed by atoms with Crippen LogP contribution in [0.5, 0.6) is 0 Å². The van der Waals surface area contributed by atoms with Crippen molar-refractivity contribution < 1.29 is 9.59 Å². The standard InChI is InChI=1S/C14H11NO2/c15-12-9-5-4-8-11(12)14(17)13(16)10-6-2-1-3-7-10/h1-9H,15H2. The molecular formula is C14H11NO2. The Bertz CT molecular complexity index is 561. The first kappa shape index (κ1) is 11.1. The molecule has 0 atom stereocenters. The third kappa shape index (κ3) is 2.23. The number of rotatable bonds is 3. The van der Waals surface area contributed by atoms with Crippen molar-refractivity contribution in [3.05, 3.63) is 65.7 Å². The van der Waals surface area contributed by atoms with Crippen LogP contribution in [0, 0.1) is 0 Å². The highest BCUT2D eigenvalue weighted by Gasteiger charge is 2.19. The van der Waals surface area contributed by atoms with Gasteiger partial charge in [0.15, 0.2) is 0 Å². The number of benzene rings is 2. The Kier molecular flexibility index (Phi) is 3.01. The zero-order valence-electron chi connectivity index (χ0n) is 9.09. The molecule has 3 nitrogen and oxygen atoms in total. The molecular weight excluding hydrogens is 214 g/mol. The first-order valence-electron chi connectivity index (χ1n) is 5.18. The molecule has 17 heavy (non-hydrogen) atoms. The van der Waals surface area contributed by atoms with Crippen LogP contribution < -0.4 is 5.73 Å². The van der Waals surface area contributed by atoms with Crippen LogP contribution in [-0.4, -0.2) is 11.6 Å². The second kappa shape index (κ2) is 4.61. The lowest BCUT2D eigenvalue weighted by atomic mass is 10.0. The largest absolute Gasteiger partial charge is 0.398 e. The lowest BCUT2D eigenvalue weighted by molar-refractivity contribution is 0.0817. The van der Waals surface area contributed by atoms with Crippen molar-refractivity contribution in [3.63, 3.8) is 0 Å². The number of carbonyl (C=O) groups is 2. The van der Waals surface area contributed by atoms with Crippen LogP contribution in [0.15, 0.2) is 54.6 Å². The Labute approximate surface area is 98.9 Å². The summed E-state index contributed by atoms with van der Waals surface area (Å²) in [6, 6.07) is 15.0. The molecule has 0 saturated carbocycles. The Hall–Kier alpha value is -2.42. The van der Waals surface area contributed by atoms with Gasteiger partial charge in [-0.2, -0.15) is 0 Å². The molecule has 2 N–H and O–H groups in total. The molecule has 0 aliphatic carbocycles. The van der Waals surface area contributed by atoms with Crippen molar-refractivity contribution in [2.75, 3.05) is 5.73 Å². The van der Waals surface area contributed by atoms with Crippen LogP contribution in [0.4, 0.5) is 5.69 Å². The predicted octanol–water partition coefficient (Wildman–Crippen LogP) is 2.33. The molecule has 0 amide bonds. The van der Waals surface area contributed by atoms with Crippen molar-refractivity contribution in [2.45, 2.75) is 0 Å². The predicted molar refractivity (Wildman–Crippen MR) is 66.0 cm³/mol. The molecule has 2 aromatic rings. The van der Waals surface area contributed by atoms with E-state index in [9.17, 15) is 9.59 Å². The van der Waals surface area contributed by atoms with Crippen LogP contribution in [0.2, 0.25) is 0 Å². The fourth-order valence-corrected chi connectivity index (χ4v) is 1.55. The van der Waals surface area contributed by atoms with Gasteiger partial charge < -0.3 is 5.73 Å². The molecule has 0 fully saturated rings. The molecule has 0 bridgehead atoms. The summed E-state index contributed by atoms with van der Waals surface area (Å²) in [4.78, 5) is 23.8. The van der Waals surface area contributed by atoms with E-state index in [1.165, 1.54) is 0 Å². The van der Waals surface area contributed by atoms with Crippen molar-refractivity contribution in [3.8, 4) is 0 Å². The molecule has 3 heteroatoms. The first-order chi connectivity index (χ1) is 8.20. The van der Waals surface area contributed by atoms with Gasteiger partial charge in [-0.25, -0.2) is 0 Å². The van der Waals surface area contributed by atoms with Gasteiger partial charge in [-0.3, -0.25) is 9.59 Å². The number of nitrogens with two attached hydrogens (primary N) is 1. The normalized spacial score (nSPS) is 9.88. The Morgan fingerprint density at radius 2 is 1.35 bits per heavy atom.